The van der Waals surface area contributed by atoms with Gasteiger partial charge in [-0.2, -0.15) is 0 Å². The SMILES string of the molecule is CCC(C)COC(=O)OC(C)CN[C@@H](Cc1ccc(OC(=O)C(C)C)c(OC(=O)C(C)C)c1)C(=O)OC. The molecule has 208 valence electrons. The van der Waals surface area contributed by atoms with Gasteiger partial charge in [-0.25, -0.2) is 4.79 Å². The summed E-state index contributed by atoms with van der Waals surface area (Å²) in [6.07, 6.45) is -0.294. The van der Waals surface area contributed by atoms with Crippen LogP contribution >= 0.6 is 0 Å². The van der Waals surface area contributed by atoms with Gasteiger partial charge < -0.3 is 29.0 Å². The van der Waals surface area contributed by atoms with Gasteiger partial charge in [-0.15, -0.1) is 0 Å². The topological polar surface area (TPSA) is 126 Å². The molecule has 37 heavy (non-hydrogen) atoms. The highest BCUT2D eigenvalue weighted by molar-refractivity contribution is 5.78. The van der Waals surface area contributed by atoms with Crippen molar-refractivity contribution in [1.82, 2.24) is 5.32 Å². The molecule has 1 aromatic rings. The summed E-state index contributed by atoms with van der Waals surface area (Å²) in [5.41, 5.74) is 0.625. The highest BCUT2D eigenvalue weighted by Gasteiger charge is 2.24. The largest absolute Gasteiger partial charge is 0.508 e. The number of esters is 3. The lowest BCUT2D eigenvalue weighted by Gasteiger charge is -2.20. The number of rotatable bonds is 14. The van der Waals surface area contributed by atoms with Crippen molar-refractivity contribution in [3.63, 3.8) is 0 Å². The van der Waals surface area contributed by atoms with Crippen LogP contribution in [-0.4, -0.2) is 56.5 Å². The van der Waals surface area contributed by atoms with Gasteiger partial charge >= 0.3 is 24.1 Å². The second-order valence-corrected chi connectivity index (χ2v) is 9.62. The van der Waals surface area contributed by atoms with Crippen molar-refractivity contribution in [2.75, 3.05) is 20.3 Å². The maximum Gasteiger partial charge on any atom is 0.508 e. The number of carbonyl (C=O) groups is 4. The molecule has 0 aromatic heterocycles. The van der Waals surface area contributed by atoms with E-state index in [1.807, 2.05) is 13.8 Å². The quantitative estimate of drug-likeness (QED) is 0.282. The molecule has 0 fully saturated rings. The number of ether oxygens (including phenoxy) is 5. The zero-order chi connectivity index (χ0) is 28.1. The Hall–Kier alpha value is -3.14. The number of carbonyl (C=O) groups excluding carboxylic acids is 4. The smallest absolute Gasteiger partial charge is 0.468 e. The molecule has 0 saturated heterocycles. The highest BCUT2D eigenvalue weighted by Crippen LogP contribution is 2.30. The van der Waals surface area contributed by atoms with Gasteiger partial charge in [-0.05, 0) is 37.0 Å². The summed E-state index contributed by atoms with van der Waals surface area (Å²) in [5.74, 6) is -1.85. The minimum atomic E-state index is -0.787. The molecule has 0 aliphatic rings. The molecule has 2 unspecified atom stereocenters. The minimum absolute atomic E-state index is 0.0783. The standard InChI is InChI=1S/C27H41NO9/c1-9-18(6)15-34-27(32)35-19(7)14-28-21(26(31)33-8)12-20-10-11-22(36-24(29)16(2)3)23(13-20)37-25(30)17(4)5/h10-11,13,16-19,21,28H,9,12,14-15H2,1-8H3/t18?,19?,21-/m0/s1. The number of benzene rings is 1. The van der Waals surface area contributed by atoms with Crippen LogP contribution in [0, 0.1) is 17.8 Å². The van der Waals surface area contributed by atoms with Crippen molar-refractivity contribution in [2.24, 2.45) is 17.8 Å². The minimum Gasteiger partial charge on any atom is -0.468 e. The molecule has 0 radical (unpaired) electrons. The van der Waals surface area contributed by atoms with Crippen LogP contribution in [0.25, 0.3) is 0 Å². The van der Waals surface area contributed by atoms with Gasteiger partial charge in [0.1, 0.15) is 12.1 Å². The zero-order valence-corrected chi connectivity index (χ0v) is 23.1. The van der Waals surface area contributed by atoms with Crippen LogP contribution < -0.4 is 14.8 Å². The predicted molar refractivity (Wildman–Crippen MR) is 136 cm³/mol. The summed E-state index contributed by atoms with van der Waals surface area (Å²) >= 11 is 0. The average Bonchev–Trinajstić information content (AvgIpc) is 2.85. The lowest BCUT2D eigenvalue weighted by Crippen LogP contribution is -2.43. The molecule has 0 spiro atoms. The molecule has 1 aromatic carbocycles. The Morgan fingerprint density at radius 3 is 2.00 bits per heavy atom. The highest BCUT2D eigenvalue weighted by atomic mass is 16.7. The molecule has 10 nitrogen and oxygen atoms in total. The van der Waals surface area contributed by atoms with E-state index in [0.717, 1.165) is 6.42 Å². The first kappa shape index (κ1) is 31.9. The van der Waals surface area contributed by atoms with Gasteiger partial charge in [0.2, 0.25) is 0 Å². The first-order chi connectivity index (χ1) is 17.4. The van der Waals surface area contributed by atoms with Crippen molar-refractivity contribution in [3.05, 3.63) is 23.8 Å². The van der Waals surface area contributed by atoms with Gasteiger partial charge in [0.05, 0.1) is 25.6 Å². The van der Waals surface area contributed by atoms with Crippen LogP contribution in [0.5, 0.6) is 11.5 Å². The molecular formula is C27H41NO9. The fourth-order valence-electron chi connectivity index (χ4n) is 2.79. The third-order valence-corrected chi connectivity index (χ3v) is 5.43. The monoisotopic (exact) mass is 523 g/mol. The summed E-state index contributed by atoms with van der Waals surface area (Å²) in [6, 6.07) is 3.95. The normalized spacial score (nSPS) is 13.5. The third kappa shape index (κ3) is 11.6. The Balaban J connectivity index is 2.96. The van der Waals surface area contributed by atoms with E-state index < -0.39 is 42.1 Å². The maximum atomic E-state index is 12.4. The van der Waals surface area contributed by atoms with Crippen LogP contribution in [0.1, 0.15) is 60.5 Å². The molecule has 0 amide bonds. The number of methoxy groups -OCH3 is 1. The van der Waals surface area contributed by atoms with Gasteiger partial charge in [0.15, 0.2) is 11.5 Å². The summed E-state index contributed by atoms with van der Waals surface area (Å²) < 4.78 is 26.1. The van der Waals surface area contributed by atoms with Crippen molar-refractivity contribution >= 4 is 24.1 Å². The van der Waals surface area contributed by atoms with Gasteiger partial charge in [-0.3, -0.25) is 14.4 Å². The van der Waals surface area contributed by atoms with E-state index in [-0.39, 0.29) is 42.9 Å². The molecule has 0 aliphatic carbocycles. The first-order valence-corrected chi connectivity index (χ1v) is 12.6. The molecule has 1 rings (SSSR count). The van der Waals surface area contributed by atoms with E-state index in [1.54, 1.807) is 46.8 Å². The Kier molecular flexibility index (Phi) is 13.7. The van der Waals surface area contributed by atoms with Crippen molar-refractivity contribution in [2.45, 2.75) is 73.5 Å². The molecule has 10 heteroatoms. The van der Waals surface area contributed by atoms with E-state index in [2.05, 4.69) is 5.32 Å². The van der Waals surface area contributed by atoms with Gasteiger partial charge in [0, 0.05) is 6.54 Å². The molecule has 0 heterocycles. The van der Waals surface area contributed by atoms with Crippen LogP contribution in [0.15, 0.2) is 18.2 Å². The maximum absolute atomic E-state index is 12.4. The molecular weight excluding hydrogens is 482 g/mol. The summed E-state index contributed by atoms with van der Waals surface area (Å²) in [5, 5.41) is 3.04. The molecule has 3 atom stereocenters. The predicted octanol–water partition coefficient (Wildman–Crippen LogP) is 4.07. The van der Waals surface area contributed by atoms with Crippen molar-refractivity contribution < 1.29 is 42.9 Å². The Morgan fingerprint density at radius 1 is 0.865 bits per heavy atom. The van der Waals surface area contributed by atoms with Gasteiger partial charge in [-0.1, -0.05) is 54.0 Å². The zero-order valence-electron chi connectivity index (χ0n) is 23.1. The first-order valence-electron chi connectivity index (χ1n) is 12.6. The van der Waals surface area contributed by atoms with E-state index in [0.29, 0.717) is 5.56 Å². The molecule has 1 N–H and O–H groups in total. The molecule has 0 aliphatic heterocycles. The third-order valence-electron chi connectivity index (χ3n) is 5.43. The molecule has 0 saturated carbocycles. The van der Waals surface area contributed by atoms with Crippen LogP contribution in [0.4, 0.5) is 4.79 Å². The summed E-state index contributed by atoms with van der Waals surface area (Å²) in [4.78, 5) is 48.7. The summed E-state index contributed by atoms with van der Waals surface area (Å²) in [7, 11) is 1.27. The number of hydrogen-bond donors (Lipinski definition) is 1. The number of hydrogen-bond acceptors (Lipinski definition) is 10. The second-order valence-electron chi connectivity index (χ2n) is 9.62. The van der Waals surface area contributed by atoms with Crippen LogP contribution in [0.2, 0.25) is 0 Å². The van der Waals surface area contributed by atoms with Gasteiger partial charge in [0.25, 0.3) is 0 Å². The van der Waals surface area contributed by atoms with E-state index in [1.165, 1.54) is 13.2 Å². The van der Waals surface area contributed by atoms with E-state index in [9.17, 15) is 19.2 Å². The van der Waals surface area contributed by atoms with Crippen molar-refractivity contribution in [3.8, 4) is 11.5 Å². The van der Waals surface area contributed by atoms with Crippen LogP contribution in [-0.2, 0) is 35.0 Å². The van der Waals surface area contributed by atoms with Crippen molar-refractivity contribution in [1.29, 1.82) is 0 Å². The fraction of sp³-hybridized carbons (Fsp3) is 0.630. The Bertz CT molecular complexity index is 913. The molecule has 0 bridgehead atoms. The van der Waals surface area contributed by atoms with Crippen LogP contribution in [0.3, 0.4) is 0 Å². The fourth-order valence-corrected chi connectivity index (χ4v) is 2.79. The lowest BCUT2D eigenvalue weighted by molar-refractivity contribution is -0.143. The Morgan fingerprint density at radius 2 is 1.46 bits per heavy atom. The second kappa shape index (κ2) is 15.9. The van der Waals surface area contributed by atoms with E-state index >= 15 is 0 Å². The lowest BCUT2D eigenvalue weighted by atomic mass is 10.0. The Labute approximate surface area is 219 Å². The summed E-state index contributed by atoms with van der Waals surface area (Å²) in [6.45, 7) is 12.8. The number of nitrogens with one attached hydrogen (secondary N) is 1. The average molecular weight is 524 g/mol. The van der Waals surface area contributed by atoms with E-state index in [4.69, 9.17) is 23.7 Å².